The largest absolute Gasteiger partial charge is 0.390 e. The molecule has 4 fully saturated rings. The first-order valence-electron chi connectivity index (χ1n) is 9.90. The lowest BCUT2D eigenvalue weighted by Crippen LogP contribution is -2.62. The Bertz CT molecular complexity index is 578. The Labute approximate surface area is 147 Å². The molecule has 5 rings (SSSR count). The van der Waals surface area contributed by atoms with Crippen LogP contribution in [0.3, 0.4) is 0 Å². The molecule has 4 saturated carbocycles. The molecule has 1 aromatic rings. The molecule has 2 N–H and O–H groups in total. The van der Waals surface area contributed by atoms with Gasteiger partial charge in [0, 0.05) is 12.1 Å². The molecule has 0 heterocycles. The summed E-state index contributed by atoms with van der Waals surface area (Å²) in [4.78, 5) is 0. The van der Waals surface area contributed by atoms with Crippen molar-refractivity contribution < 1.29 is 5.11 Å². The van der Waals surface area contributed by atoms with Gasteiger partial charge in [0.05, 0.1) is 5.60 Å². The van der Waals surface area contributed by atoms with Crippen molar-refractivity contribution in [3.63, 3.8) is 0 Å². The maximum absolute atomic E-state index is 11.0. The number of nitrogens with one attached hydrogen (secondary N) is 1. The maximum atomic E-state index is 11.0. The third-order valence-electron chi connectivity index (χ3n) is 7.19. The van der Waals surface area contributed by atoms with E-state index in [9.17, 15) is 5.11 Å². The number of aliphatic hydroxyl groups is 1. The van der Waals surface area contributed by atoms with Gasteiger partial charge in [0.2, 0.25) is 0 Å². The predicted molar refractivity (Wildman–Crippen MR) is 99.0 cm³/mol. The Morgan fingerprint density at radius 2 is 1.71 bits per heavy atom. The molecule has 0 unspecified atom stereocenters. The van der Waals surface area contributed by atoms with Gasteiger partial charge in [-0.3, -0.25) is 0 Å². The molecule has 0 spiro atoms. The minimum atomic E-state index is -0.347. The number of hydrogen-bond acceptors (Lipinski definition) is 2. The van der Waals surface area contributed by atoms with E-state index >= 15 is 0 Å². The Kier molecular flexibility index (Phi) is 4.04. The molecule has 2 nitrogen and oxygen atoms in total. The number of benzene rings is 1. The van der Waals surface area contributed by atoms with Crippen LogP contribution in [0.5, 0.6) is 0 Å². The van der Waals surface area contributed by atoms with Gasteiger partial charge in [-0.2, -0.15) is 0 Å². The third-order valence-corrected chi connectivity index (χ3v) is 7.19. The third kappa shape index (κ3) is 3.04. The molecule has 4 aliphatic rings. The summed E-state index contributed by atoms with van der Waals surface area (Å²) in [7, 11) is 0. The van der Waals surface area contributed by atoms with E-state index in [-0.39, 0.29) is 5.60 Å². The monoisotopic (exact) mass is 327 g/mol. The van der Waals surface area contributed by atoms with Gasteiger partial charge < -0.3 is 10.4 Å². The molecule has 4 atom stereocenters. The molecule has 0 aromatic heterocycles. The molecule has 0 aliphatic heterocycles. The van der Waals surface area contributed by atoms with Gasteiger partial charge in [0.25, 0.3) is 0 Å². The van der Waals surface area contributed by atoms with Gasteiger partial charge in [-0.05, 0) is 88.5 Å². The quantitative estimate of drug-likeness (QED) is 0.848. The molecular formula is C22H33NO. The molecular weight excluding hydrogens is 294 g/mol. The second kappa shape index (κ2) is 5.85. The van der Waals surface area contributed by atoms with Gasteiger partial charge in [-0.15, -0.1) is 0 Å². The van der Waals surface area contributed by atoms with Crippen LogP contribution < -0.4 is 5.32 Å². The lowest BCUT2D eigenvalue weighted by Gasteiger charge is -2.62. The van der Waals surface area contributed by atoms with Gasteiger partial charge >= 0.3 is 0 Å². The average molecular weight is 328 g/mol. The second-order valence-corrected chi connectivity index (χ2v) is 9.53. The Morgan fingerprint density at radius 3 is 2.29 bits per heavy atom. The fourth-order valence-corrected chi connectivity index (χ4v) is 6.53. The molecule has 4 bridgehead atoms. The van der Waals surface area contributed by atoms with E-state index < -0.39 is 0 Å². The minimum absolute atomic E-state index is 0.334. The summed E-state index contributed by atoms with van der Waals surface area (Å²) in [5, 5.41) is 14.9. The summed E-state index contributed by atoms with van der Waals surface area (Å²) in [5.74, 6) is 1.54. The Balaban J connectivity index is 1.42. The van der Waals surface area contributed by atoms with Crippen molar-refractivity contribution in [2.75, 3.05) is 0 Å². The second-order valence-electron chi connectivity index (χ2n) is 9.53. The number of aryl methyl sites for hydroxylation is 1. The smallest absolute Gasteiger partial charge is 0.0659 e. The van der Waals surface area contributed by atoms with E-state index in [2.05, 4.69) is 50.4 Å². The first kappa shape index (κ1) is 16.6. The van der Waals surface area contributed by atoms with Crippen LogP contribution in [0, 0.1) is 24.2 Å². The van der Waals surface area contributed by atoms with Crippen LogP contribution in [0.4, 0.5) is 0 Å². The molecule has 24 heavy (non-hydrogen) atoms. The topological polar surface area (TPSA) is 32.3 Å². The fraction of sp³-hybridized carbons (Fsp3) is 0.727. The summed E-state index contributed by atoms with van der Waals surface area (Å²) in [6, 6.07) is 9.90. The van der Waals surface area contributed by atoms with E-state index in [0.29, 0.717) is 17.5 Å². The zero-order valence-corrected chi connectivity index (χ0v) is 15.5. The van der Waals surface area contributed by atoms with Crippen molar-refractivity contribution in [2.24, 2.45) is 17.3 Å². The summed E-state index contributed by atoms with van der Waals surface area (Å²) in [5.41, 5.74) is 2.73. The minimum Gasteiger partial charge on any atom is -0.390 e. The summed E-state index contributed by atoms with van der Waals surface area (Å²) >= 11 is 0. The van der Waals surface area contributed by atoms with E-state index in [1.54, 1.807) is 0 Å². The van der Waals surface area contributed by atoms with Crippen LogP contribution in [0.2, 0.25) is 0 Å². The van der Waals surface area contributed by atoms with E-state index in [1.807, 2.05) is 0 Å². The maximum Gasteiger partial charge on any atom is 0.0659 e. The molecule has 2 heteroatoms. The highest BCUT2D eigenvalue weighted by Crippen LogP contribution is 2.62. The summed E-state index contributed by atoms with van der Waals surface area (Å²) < 4.78 is 0. The molecule has 0 amide bonds. The summed E-state index contributed by atoms with van der Waals surface area (Å²) in [6.07, 6.45) is 8.27. The zero-order valence-electron chi connectivity index (χ0n) is 15.5. The van der Waals surface area contributed by atoms with Crippen molar-refractivity contribution in [2.45, 2.75) is 83.4 Å². The van der Waals surface area contributed by atoms with Gasteiger partial charge in [0.15, 0.2) is 0 Å². The molecule has 132 valence electrons. The van der Waals surface area contributed by atoms with E-state index in [0.717, 1.165) is 37.5 Å². The van der Waals surface area contributed by atoms with Crippen molar-refractivity contribution in [3.8, 4) is 0 Å². The highest BCUT2D eigenvalue weighted by atomic mass is 16.3. The van der Waals surface area contributed by atoms with Crippen LogP contribution in [0.15, 0.2) is 24.3 Å². The van der Waals surface area contributed by atoms with Gasteiger partial charge in [-0.1, -0.05) is 29.8 Å². The molecule has 4 aliphatic carbocycles. The number of hydrogen-bond donors (Lipinski definition) is 2. The van der Waals surface area contributed by atoms with Crippen LogP contribution in [0.1, 0.15) is 63.5 Å². The Hall–Kier alpha value is -0.860. The van der Waals surface area contributed by atoms with Gasteiger partial charge in [0.1, 0.15) is 0 Å². The Morgan fingerprint density at radius 1 is 1.08 bits per heavy atom. The van der Waals surface area contributed by atoms with Crippen molar-refractivity contribution >= 4 is 0 Å². The fourth-order valence-electron chi connectivity index (χ4n) is 6.53. The van der Waals surface area contributed by atoms with Gasteiger partial charge in [-0.25, -0.2) is 0 Å². The first-order chi connectivity index (χ1) is 11.4. The van der Waals surface area contributed by atoms with Crippen molar-refractivity contribution in [3.05, 3.63) is 35.4 Å². The standard InChI is InChI=1S/C22H33NO/c1-15-4-6-18(7-5-15)8-16(2)23-17(3)21-10-19-9-20(11-21)13-22(24,12-19)14-21/h4-7,16-17,19-20,23-24H,8-14H2,1-3H3/t16-,17+,19+,20+,21?,22?/m1/s1. The van der Waals surface area contributed by atoms with Crippen LogP contribution in [-0.2, 0) is 6.42 Å². The highest BCUT2D eigenvalue weighted by Gasteiger charge is 2.58. The zero-order chi connectivity index (χ0) is 16.9. The highest BCUT2D eigenvalue weighted by molar-refractivity contribution is 5.22. The number of rotatable bonds is 5. The van der Waals surface area contributed by atoms with Crippen molar-refractivity contribution in [1.82, 2.24) is 5.32 Å². The molecule has 0 radical (unpaired) electrons. The van der Waals surface area contributed by atoms with E-state index in [4.69, 9.17) is 0 Å². The van der Waals surface area contributed by atoms with E-state index in [1.165, 1.54) is 30.4 Å². The lowest BCUT2D eigenvalue weighted by molar-refractivity contribution is -0.172. The summed E-state index contributed by atoms with van der Waals surface area (Å²) in [6.45, 7) is 6.83. The van der Waals surface area contributed by atoms with Crippen molar-refractivity contribution in [1.29, 1.82) is 0 Å². The molecule has 1 aromatic carbocycles. The normalized spacial score (nSPS) is 39.8. The van der Waals surface area contributed by atoms with Crippen LogP contribution >= 0.6 is 0 Å². The molecule has 0 saturated heterocycles. The average Bonchev–Trinajstić information content (AvgIpc) is 2.47. The first-order valence-corrected chi connectivity index (χ1v) is 9.90. The lowest BCUT2D eigenvalue weighted by atomic mass is 9.46. The van der Waals surface area contributed by atoms with Crippen LogP contribution in [-0.4, -0.2) is 22.8 Å². The predicted octanol–water partition coefficient (Wildman–Crippen LogP) is 4.24. The van der Waals surface area contributed by atoms with Crippen LogP contribution in [0.25, 0.3) is 0 Å². The SMILES string of the molecule is Cc1ccc(C[C@@H](C)N[C@@H](C)C23C[C@@H]4C[C@H](CC(O)(C4)C2)C3)cc1.